The van der Waals surface area contributed by atoms with Crippen molar-refractivity contribution in [3.8, 4) is 17.2 Å². The van der Waals surface area contributed by atoms with Gasteiger partial charge in [0, 0.05) is 18.3 Å². The third-order valence-electron chi connectivity index (χ3n) is 4.60. The second-order valence-corrected chi connectivity index (χ2v) is 6.79. The fourth-order valence-corrected chi connectivity index (χ4v) is 3.26. The maximum absolute atomic E-state index is 12.4. The number of methoxy groups -OCH3 is 1. The van der Waals surface area contributed by atoms with Gasteiger partial charge in [-0.2, -0.15) is 0 Å². The highest BCUT2D eigenvalue weighted by molar-refractivity contribution is 5.91. The van der Waals surface area contributed by atoms with Crippen LogP contribution in [-0.2, 0) is 0 Å². The van der Waals surface area contributed by atoms with Crippen molar-refractivity contribution < 1.29 is 32.2 Å². The summed E-state index contributed by atoms with van der Waals surface area (Å²) in [4.78, 5) is 16.3. The lowest BCUT2D eigenvalue weighted by molar-refractivity contribution is -0.274. The van der Waals surface area contributed by atoms with E-state index in [1.807, 2.05) is 6.07 Å². The Balaban J connectivity index is 1.51. The predicted molar refractivity (Wildman–Crippen MR) is 103 cm³/mol. The molecule has 1 aliphatic carbocycles. The van der Waals surface area contributed by atoms with Crippen LogP contribution < -0.4 is 24.8 Å². The van der Waals surface area contributed by atoms with Gasteiger partial charge in [-0.1, -0.05) is 0 Å². The monoisotopic (exact) mass is 425 g/mol. The normalized spacial score (nSPS) is 18.9. The smallest absolute Gasteiger partial charge is 0.495 e. The molecule has 1 aromatic carbocycles. The number of ether oxygens (including phenoxy) is 3. The number of nitrogens with zero attached hydrogens (tertiary/aromatic N) is 1. The number of urea groups is 1. The summed E-state index contributed by atoms with van der Waals surface area (Å²) in [5, 5.41) is 5.36. The van der Waals surface area contributed by atoms with Gasteiger partial charge in [0.25, 0.3) is 0 Å². The van der Waals surface area contributed by atoms with Gasteiger partial charge in [0.15, 0.2) is 0 Å². The lowest BCUT2D eigenvalue weighted by Crippen LogP contribution is -2.41. The molecule has 0 saturated heterocycles. The number of rotatable bonds is 6. The Hall–Kier alpha value is -3.17. The summed E-state index contributed by atoms with van der Waals surface area (Å²) in [6, 6.07) is 6.50. The molecule has 0 radical (unpaired) electrons. The van der Waals surface area contributed by atoms with Crippen LogP contribution in [0.25, 0.3) is 0 Å². The number of amides is 2. The van der Waals surface area contributed by atoms with E-state index in [0.717, 1.165) is 25.0 Å². The average Bonchev–Trinajstić information content (AvgIpc) is 2.69. The summed E-state index contributed by atoms with van der Waals surface area (Å²) in [5.74, 6) is 0.472. The highest BCUT2D eigenvalue weighted by Gasteiger charge is 2.31. The predicted octanol–water partition coefficient (Wildman–Crippen LogP) is 4.50. The van der Waals surface area contributed by atoms with Gasteiger partial charge in [0.1, 0.15) is 17.2 Å². The summed E-state index contributed by atoms with van der Waals surface area (Å²) in [6.45, 7) is 0. The number of anilines is 1. The van der Waals surface area contributed by atoms with E-state index in [1.165, 1.54) is 13.2 Å². The largest absolute Gasteiger partial charge is 0.573 e. The minimum absolute atomic E-state index is 0.0478. The Morgan fingerprint density at radius 3 is 2.53 bits per heavy atom. The highest BCUT2D eigenvalue weighted by Crippen LogP contribution is 2.32. The van der Waals surface area contributed by atoms with E-state index < -0.39 is 18.1 Å². The molecule has 2 aromatic rings. The number of pyridine rings is 1. The first-order valence-corrected chi connectivity index (χ1v) is 9.40. The van der Waals surface area contributed by atoms with Gasteiger partial charge in [-0.25, -0.2) is 4.79 Å². The fourth-order valence-electron chi connectivity index (χ4n) is 3.26. The summed E-state index contributed by atoms with van der Waals surface area (Å²) in [6.07, 6.45) is 1.50. The molecule has 0 atom stereocenters. The van der Waals surface area contributed by atoms with Crippen LogP contribution in [0, 0.1) is 0 Å². The molecule has 10 heteroatoms. The SMILES string of the molecule is COc1ccc(OC(F)(F)F)cc1NC(=O)N[C@H]1CC[C@H](Oc2cccnc2)CC1. The molecule has 1 aliphatic rings. The van der Waals surface area contributed by atoms with Crippen LogP contribution in [0.15, 0.2) is 42.7 Å². The average molecular weight is 425 g/mol. The third kappa shape index (κ3) is 6.43. The molecule has 0 bridgehead atoms. The summed E-state index contributed by atoms with van der Waals surface area (Å²) in [7, 11) is 1.35. The molecule has 0 spiro atoms. The molecule has 0 aliphatic heterocycles. The van der Waals surface area contributed by atoms with Gasteiger partial charge < -0.3 is 24.8 Å². The van der Waals surface area contributed by atoms with Crippen LogP contribution in [0.3, 0.4) is 0 Å². The molecule has 1 aromatic heterocycles. The Morgan fingerprint density at radius 2 is 1.90 bits per heavy atom. The number of nitrogens with one attached hydrogen (secondary N) is 2. The summed E-state index contributed by atoms with van der Waals surface area (Å²) < 4.78 is 52.1. The van der Waals surface area contributed by atoms with Crippen LogP contribution in [-0.4, -0.2) is 36.6 Å². The number of benzene rings is 1. The zero-order valence-electron chi connectivity index (χ0n) is 16.2. The highest BCUT2D eigenvalue weighted by atomic mass is 19.4. The molecule has 2 amide bonds. The van der Waals surface area contributed by atoms with E-state index in [9.17, 15) is 18.0 Å². The number of alkyl halides is 3. The summed E-state index contributed by atoms with van der Waals surface area (Å²) >= 11 is 0. The molecular formula is C20H22F3N3O4. The van der Waals surface area contributed by atoms with Crippen molar-refractivity contribution in [3.63, 3.8) is 0 Å². The van der Waals surface area contributed by atoms with Gasteiger partial charge >= 0.3 is 12.4 Å². The number of carbonyl (C=O) groups excluding carboxylic acids is 1. The van der Waals surface area contributed by atoms with Crippen molar-refractivity contribution in [2.75, 3.05) is 12.4 Å². The number of aromatic nitrogens is 1. The first-order valence-electron chi connectivity index (χ1n) is 9.40. The van der Waals surface area contributed by atoms with Crippen molar-refractivity contribution >= 4 is 11.7 Å². The third-order valence-corrected chi connectivity index (χ3v) is 4.60. The van der Waals surface area contributed by atoms with Crippen molar-refractivity contribution in [2.24, 2.45) is 0 Å². The number of carbonyl (C=O) groups is 1. The topological polar surface area (TPSA) is 81.7 Å². The Labute approximate surface area is 171 Å². The van der Waals surface area contributed by atoms with Gasteiger partial charge in [-0.15, -0.1) is 13.2 Å². The molecule has 1 saturated carbocycles. The van der Waals surface area contributed by atoms with Gasteiger partial charge in [-0.05, 0) is 49.9 Å². The van der Waals surface area contributed by atoms with Crippen molar-refractivity contribution in [1.82, 2.24) is 10.3 Å². The van der Waals surface area contributed by atoms with Crippen molar-refractivity contribution in [3.05, 3.63) is 42.7 Å². The Kier molecular flexibility index (Phi) is 6.86. The molecular weight excluding hydrogens is 403 g/mol. The van der Waals surface area contributed by atoms with Crippen molar-refractivity contribution in [2.45, 2.75) is 44.2 Å². The van der Waals surface area contributed by atoms with Crippen LogP contribution in [0.5, 0.6) is 17.2 Å². The molecule has 0 unspecified atom stereocenters. The first kappa shape index (κ1) is 21.5. The Bertz CT molecular complexity index is 841. The molecule has 30 heavy (non-hydrogen) atoms. The van der Waals surface area contributed by atoms with E-state index in [2.05, 4.69) is 20.4 Å². The summed E-state index contributed by atoms with van der Waals surface area (Å²) in [5.41, 5.74) is 0.0744. The van der Waals surface area contributed by atoms with Gasteiger partial charge in [0.05, 0.1) is 25.1 Å². The van der Waals surface area contributed by atoms with Gasteiger partial charge in [-0.3, -0.25) is 4.98 Å². The fraction of sp³-hybridized carbons (Fsp3) is 0.400. The molecule has 7 nitrogen and oxygen atoms in total. The number of hydrogen-bond donors (Lipinski definition) is 2. The van der Waals surface area contributed by atoms with E-state index >= 15 is 0 Å². The quantitative estimate of drug-likeness (QED) is 0.712. The number of halogens is 3. The zero-order valence-corrected chi connectivity index (χ0v) is 16.2. The van der Waals surface area contributed by atoms with Crippen LogP contribution >= 0.6 is 0 Å². The molecule has 2 N–H and O–H groups in total. The maximum atomic E-state index is 12.4. The van der Waals surface area contributed by atoms with Crippen LogP contribution in [0.4, 0.5) is 23.7 Å². The van der Waals surface area contributed by atoms with Gasteiger partial charge in [0.2, 0.25) is 0 Å². The van der Waals surface area contributed by atoms with E-state index in [4.69, 9.17) is 9.47 Å². The molecule has 1 fully saturated rings. The second kappa shape index (κ2) is 9.55. The standard InChI is InChI=1S/C20H22F3N3O4/c1-28-18-9-8-15(30-20(21,22)23)11-17(18)26-19(27)25-13-4-6-14(7-5-13)29-16-3-2-10-24-12-16/h2-3,8-14H,4-7H2,1H3,(H2,25,26,27)/t13-,14-. The van der Waals surface area contributed by atoms with Crippen LogP contribution in [0.2, 0.25) is 0 Å². The lowest BCUT2D eigenvalue weighted by Gasteiger charge is -2.29. The maximum Gasteiger partial charge on any atom is 0.573 e. The van der Waals surface area contributed by atoms with Crippen molar-refractivity contribution in [1.29, 1.82) is 0 Å². The molecule has 3 rings (SSSR count). The minimum atomic E-state index is -4.83. The first-order chi connectivity index (χ1) is 14.3. The van der Waals surface area contributed by atoms with E-state index in [-0.39, 0.29) is 23.6 Å². The minimum Gasteiger partial charge on any atom is -0.495 e. The lowest BCUT2D eigenvalue weighted by atomic mass is 9.93. The second-order valence-electron chi connectivity index (χ2n) is 6.79. The Morgan fingerprint density at radius 1 is 1.13 bits per heavy atom. The molecule has 1 heterocycles. The molecule has 162 valence electrons. The van der Waals surface area contributed by atoms with Crippen LogP contribution in [0.1, 0.15) is 25.7 Å². The van der Waals surface area contributed by atoms with E-state index in [1.54, 1.807) is 18.5 Å². The van der Waals surface area contributed by atoms with E-state index in [0.29, 0.717) is 18.6 Å². The zero-order chi connectivity index (χ0) is 21.6. The number of hydrogen-bond acceptors (Lipinski definition) is 5.